The maximum Gasteiger partial charge on any atom is 0.252 e. The molecule has 0 fully saturated rings. The smallest absolute Gasteiger partial charge is 0.252 e. The molecule has 0 amide bonds. The fourth-order valence-corrected chi connectivity index (χ4v) is 4.73. The fraction of sp³-hybridized carbons (Fsp3) is 0.286. The van der Waals surface area contributed by atoms with Gasteiger partial charge in [-0.3, -0.25) is 9.69 Å². The lowest BCUT2D eigenvalue weighted by Gasteiger charge is -2.30. The zero-order chi connectivity index (χ0) is 26.5. The minimum Gasteiger partial charge on any atom is -0.493 e. The topological polar surface area (TPSA) is 111 Å². The van der Waals surface area contributed by atoms with Crippen molar-refractivity contribution in [1.29, 1.82) is 0 Å². The maximum absolute atomic E-state index is 13.2. The molecule has 5 aromatic rings. The molecule has 5 rings (SSSR count). The van der Waals surface area contributed by atoms with Crippen LogP contribution in [0.2, 0.25) is 0 Å². The van der Waals surface area contributed by atoms with Gasteiger partial charge in [-0.2, -0.15) is 0 Å². The van der Waals surface area contributed by atoms with Crippen molar-refractivity contribution in [3.63, 3.8) is 0 Å². The molecule has 0 aliphatic rings. The molecule has 2 aromatic carbocycles. The minimum absolute atomic E-state index is 0.152. The Labute approximate surface area is 219 Å². The molecule has 0 saturated carbocycles. The van der Waals surface area contributed by atoms with E-state index in [2.05, 4.69) is 44.5 Å². The van der Waals surface area contributed by atoms with Gasteiger partial charge in [0, 0.05) is 30.1 Å². The van der Waals surface area contributed by atoms with Crippen molar-refractivity contribution in [2.75, 3.05) is 14.2 Å². The van der Waals surface area contributed by atoms with Gasteiger partial charge in [0.2, 0.25) is 0 Å². The zero-order valence-electron chi connectivity index (χ0n) is 21.6. The van der Waals surface area contributed by atoms with Gasteiger partial charge >= 0.3 is 0 Å². The van der Waals surface area contributed by atoms with Gasteiger partial charge in [0.1, 0.15) is 12.3 Å². The first kappa shape index (κ1) is 25.2. The summed E-state index contributed by atoms with van der Waals surface area (Å²) in [5.74, 6) is 2.63. The number of nitrogens with zero attached hydrogens (tertiary/aromatic N) is 5. The van der Waals surface area contributed by atoms with Crippen LogP contribution in [0.5, 0.6) is 11.5 Å². The quantitative estimate of drug-likeness (QED) is 0.277. The van der Waals surface area contributed by atoms with E-state index in [1.807, 2.05) is 42.5 Å². The molecule has 0 aliphatic carbocycles. The Morgan fingerprint density at radius 1 is 1.03 bits per heavy atom. The lowest BCUT2D eigenvalue weighted by Crippen LogP contribution is -2.32. The number of hydrogen-bond donors (Lipinski definition) is 1. The third-order valence-electron chi connectivity index (χ3n) is 6.60. The average Bonchev–Trinajstić information content (AvgIpc) is 3.62. The molecule has 10 nitrogen and oxygen atoms in total. The standard InChI is InChI=1S/C28H30N6O4/c1-4-24(27-30-31-32-34(27)18-22-11-8-12-38-22)33(16-19-9-6-5-7-10-19)17-21-13-20-14-25(36-2)26(37-3)15-23(20)29-28(21)35/h5-15,24H,4,16-18H2,1-3H3,(H,29,35)/t24-/m1/s1. The Kier molecular flexibility index (Phi) is 7.50. The van der Waals surface area contributed by atoms with Gasteiger partial charge in [-0.05, 0) is 46.7 Å². The number of rotatable bonds is 11. The van der Waals surface area contributed by atoms with Gasteiger partial charge in [0.05, 0.1) is 32.0 Å². The molecular weight excluding hydrogens is 484 g/mol. The second-order valence-electron chi connectivity index (χ2n) is 9.01. The van der Waals surface area contributed by atoms with Crippen molar-refractivity contribution in [1.82, 2.24) is 30.1 Å². The zero-order valence-corrected chi connectivity index (χ0v) is 21.6. The highest BCUT2D eigenvalue weighted by Gasteiger charge is 2.26. The van der Waals surface area contributed by atoms with E-state index in [0.29, 0.717) is 48.0 Å². The number of pyridine rings is 1. The SMILES string of the molecule is CC[C@H](c1nnnn1Cc1ccco1)N(Cc1ccccc1)Cc1cc2cc(OC)c(OC)cc2[nH]c1=O. The number of nitrogens with one attached hydrogen (secondary N) is 1. The predicted octanol–water partition coefficient (Wildman–Crippen LogP) is 4.33. The highest BCUT2D eigenvalue weighted by molar-refractivity contribution is 5.83. The molecule has 1 atom stereocenters. The van der Waals surface area contributed by atoms with E-state index in [4.69, 9.17) is 13.9 Å². The number of methoxy groups -OCH3 is 2. The van der Waals surface area contributed by atoms with Crippen LogP contribution in [0, 0.1) is 0 Å². The van der Waals surface area contributed by atoms with E-state index in [9.17, 15) is 4.79 Å². The monoisotopic (exact) mass is 514 g/mol. The number of furan rings is 1. The summed E-state index contributed by atoms with van der Waals surface area (Å²) >= 11 is 0. The summed E-state index contributed by atoms with van der Waals surface area (Å²) in [5, 5.41) is 13.4. The van der Waals surface area contributed by atoms with Crippen molar-refractivity contribution >= 4 is 10.9 Å². The molecule has 0 spiro atoms. The molecule has 3 aromatic heterocycles. The minimum atomic E-state index is -0.159. The summed E-state index contributed by atoms with van der Waals surface area (Å²) < 4.78 is 18.2. The van der Waals surface area contributed by atoms with Gasteiger partial charge < -0.3 is 18.9 Å². The number of aromatic amines is 1. The van der Waals surface area contributed by atoms with Crippen molar-refractivity contribution in [3.8, 4) is 11.5 Å². The van der Waals surface area contributed by atoms with Crippen molar-refractivity contribution < 1.29 is 13.9 Å². The van der Waals surface area contributed by atoms with E-state index < -0.39 is 0 Å². The summed E-state index contributed by atoms with van der Waals surface area (Å²) in [4.78, 5) is 18.5. The summed E-state index contributed by atoms with van der Waals surface area (Å²) in [6.45, 7) is 3.51. The largest absolute Gasteiger partial charge is 0.493 e. The fourth-order valence-electron chi connectivity index (χ4n) is 4.73. The van der Waals surface area contributed by atoms with Crippen LogP contribution in [-0.2, 0) is 19.6 Å². The summed E-state index contributed by atoms with van der Waals surface area (Å²) in [6.07, 6.45) is 2.37. The van der Waals surface area contributed by atoms with E-state index in [-0.39, 0.29) is 11.6 Å². The summed E-state index contributed by atoms with van der Waals surface area (Å²) in [7, 11) is 3.17. The molecule has 38 heavy (non-hydrogen) atoms. The Morgan fingerprint density at radius 3 is 2.53 bits per heavy atom. The number of H-pyrrole nitrogens is 1. The van der Waals surface area contributed by atoms with Gasteiger partial charge in [-0.1, -0.05) is 37.3 Å². The molecule has 0 radical (unpaired) electrons. The van der Waals surface area contributed by atoms with Crippen LogP contribution in [0.4, 0.5) is 0 Å². The lowest BCUT2D eigenvalue weighted by molar-refractivity contribution is 0.161. The molecule has 196 valence electrons. The van der Waals surface area contributed by atoms with Crippen LogP contribution in [-0.4, -0.2) is 44.3 Å². The van der Waals surface area contributed by atoms with Crippen LogP contribution in [0.3, 0.4) is 0 Å². The normalized spacial score (nSPS) is 12.2. The number of ether oxygens (including phenoxy) is 2. The first-order valence-corrected chi connectivity index (χ1v) is 12.4. The highest BCUT2D eigenvalue weighted by Crippen LogP contribution is 2.32. The summed E-state index contributed by atoms with van der Waals surface area (Å²) in [5.41, 5.74) is 2.28. The van der Waals surface area contributed by atoms with Gasteiger partial charge in [0.15, 0.2) is 17.3 Å². The Bertz CT molecular complexity index is 1550. The average molecular weight is 515 g/mol. The second-order valence-corrected chi connectivity index (χ2v) is 9.01. The van der Waals surface area contributed by atoms with Crippen molar-refractivity contribution in [2.24, 2.45) is 0 Å². The molecule has 0 unspecified atom stereocenters. The van der Waals surface area contributed by atoms with Crippen molar-refractivity contribution in [2.45, 2.75) is 39.0 Å². The molecule has 3 heterocycles. The number of aromatic nitrogens is 5. The number of fused-ring (bicyclic) bond motifs is 1. The van der Waals surface area contributed by atoms with Gasteiger partial charge in [0.25, 0.3) is 5.56 Å². The van der Waals surface area contributed by atoms with Crippen LogP contribution >= 0.6 is 0 Å². The Balaban J connectivity index is 1.53. The van der Waals surface area contributed by atoms with E-state index in [0.717, 1.165) is 23.1 Å². The van der Waals surface area contributed by atoms with Gasteiger partial charge in [-0.25, -0.2) is 4.68 Å². The van der Waals surface area contributed by atoms with Crippen molar-refractivity contribution in [3.05, 3.63) is 100.0 Å². The highest BCUT2D eigenvalue weighted by atomic mass is 16.5. The first-order valence-electron chi connectivity index (χ1n) is 12.4. The summed E-state index contributed by atoms with van der Waals surface area (Å²) in [6, 6.07) is 19.3. The van der Waals surface area contributed by atoms with E-state index >= 15 is 0 Å². The molecule has 0 saturated heterocycles. The van der Waals surface area contributed by atoms with Crippen LogP contribution in [0.15, 0.2) is 76.1 Å². The van der Waals surface area contributed by atoms with E-state index in [1.165, 1.54) is 0 Å². The molecule has 1 N–H and O–H groups in total. The Morgan fingerprint density at radius 2 is 1.82 bits per heavy atom. The number of hydrogen-bond acceptors (Lipinski definition) is 8. The third kappa shape index (κ3) is 5.30. The molecule has 0 aliphatic heterocycles. The number of tetrazole rings is 1. The number of benzene rings is 2. The van der Waals surface area contributed by atoms with Crippen LogP contribution in [0.1, 0.15) is 42.1 Å². The van der Waals surface area contributed by atoms with E-state index in [1.54, 1.807) is 31.2 Å². The second kappa shape index (κ2) is 11.3. The van der Waals surface area contributed by atoms with Crippen LogP contribution in [0.25, 0.3) is 10.9 Å². The first-order chi connectivity index (χ1) is 18.6. The third-order valence-corrected chi connectivity index (χ3v) is 6.60. The maximum atomic E-state index is 13.2. The predicted molar refractivity (Wildman–Crippen MR) is 142 cm³/mol. The molecule has 10 heteroatoms. The van der Waals surface area contributed by atoms with Gasteiger partial charge in [-0.15, -0.1) is 5.10 Å². The molecule has 0 bridgehead atoms. The van der Waals surface area contributed by atoms with Crippen LogP contribution < -0.4 is 15.0 Å². The lowest BCUT2D eigenvalue weighted by atomic mass is 10.1. The Hall–Kier alpha value is -4.44. The molecular formula is C28H30N6O4.